The summed E-state index contributed by atoms with van der Waals surface area (Å²) >= 11 is 0. The minimum Gasteiger partial charge on any atom is -0.349 e. The molecule has 0 aromatic heterocycles. The fraction of sp³-hybridized carbons (Fsp3) is 0.462. The van der Waals surface area contributed by atoms with Crippen LogP contribution in [0.1, 0.15) is 61.3 Å². The summed E-state index contributed by atoms with van der Waals surface area (Å²) in [4.78, 5) is 25.0. The van der Waals surface area contributed by atoms with E-state index in [4.69, 9.17) is 0 Å². The van der Waals surface area contributed by atoms with Crippen LogP contribution in [0.5, 0.6) is 0 Å². The van der Waals surface area contributed by atoms with Crippen LogP contribution in [0.15, 0.2) is 47.4 Å². The number of fused-ring (bicyclic) bond motifs is 2. The Balaban J connectivity index is 1.22. The Morgan fingerprint density at radius 1 is 0.941 bits per heavy atom. The molecule has 7 nitrogen and oxygen atoms in total. The lowest BCUT2D eigenvalue weighted by molar-refractivity contribution is -0.127. The minimum atomic E-state index is -3.65. The molecule has 2 N–H and O–H groups in total. The number of sulfonamides is 1. The zero-order valence-electron chi connectivity index (χ0n) is 19.3. The van der Waals surface area contributed by atoms with Gasteiger partial charge >= 0.3 is 0 Å². The molecule has 2 aliphatic heterocycles. The number of piperidine rings is 1. The summed E-state index contributed by atoms with van der Waals surface area (Å²) in [7, 11) is -3.65. The van der Waals surface area contributed by atoms with Crippen molar-refractivity contribution in [2.45, 2.75) is 62.3 Å². The van der Waals surface area contributed by atoms with Crippen molar-refractivity contribution in [1.82, 2.24) is 9.62 Å². The molecule has 8 heteroatoms. The number of anilines is 1. The van der Waals surface area contributed by atoms with Crippen molar-refractivity contribution < 1.29 is 18.0 Å². The van der Waals surface area contributed by atoms with Crippen molar-refractivity contribution in [2.24, 2.45) is 5.92 Å². The molecule has 0 bridgehead atoms. The molecular formula is C26H31N3O4S. The number of nitrogens with zero attached hydrogens (tertiary/aromatic N) is 1. The monoisotopic (exact) mass is 481 g/mol. The molecule has 180 valence electrons. The average Bonchev–Trinajstić information content (AvgIpc) is 3.04. The van der Waals surface area contributed by atoms with Gasteiger partial charge in [-0.05, 0) is 79.8 Å². The van der Waals surface area contributed by atoms with Crippen LogP contribution < -0.4 is 10.6 Å². The van der Waals surface area contributed by atoms with Crippen LogP contribution in [0, 0.1) is 5.92 Å². The largest absolute Gasteiger partial charge is 0.349 e. The molecule has 2 heterocycles. The van der Waals surface area contributed by atoms with Crippen molar-refractivity contribution in [3.63, 3.8) is 0 Å². The van der Waals surface area contributed by atoms with Crippen LogP contribution in [-0.2, 0) is 32.5 Å². The topological polar surface area (TPSA) is 95.6 Å². The molecule has 0 unspecified atom stereocenters. The number of aryl methyl sites for hydroxylation is 2. The maximum atomic E-state index is 13.3. The summed E-state index contributed by atoms with van der Waals surface area (Å²) < 4.78 is 28.1. The number of carbonyl (C=O) groups excluding carboxylic acids is 2. The second kappa shape index (κ2) is 9.50. The van der Waals surface area contributed by atoms with Gasteiger partial charge in [0, 0.05) is 31.1 Å². The Labute approximate surface area is 201 Å². The van der Waals surface area contributed by atoms with Gasteiger partial charge in [-0.25, -0.2) is 8.42 Å². The summed E-state index contributed by atoms with van der Waals surface area (Å²) in [6.45, 7) is 0.658. The van der Waals surface area contributed by atoms with E-state index < -0.39 is 10.0 Å². The van der Waals surface area contributed by atoms with Crippen molar-refractivity contribution in [3.8, 4) is 0 Å². The minimum absolute atomic E-state index is 0.0273. The van der Waals surface area contributed by atoms with Gasteiger partial charge in [-0.15, -0.1) is 0 Å². The number of amides is 2. The van der Waals surface area contributed by atoms with Crippen LogP contribution in [0.4, 0.5) is 5.69 Å². The molecule has 3 aliphatic rings. The second-order valence-corrected chi connectivity index (χ2v) is 11.5. The van der Waals surface area contributed by atoms with Crippen molar-refractivity contribution in [3.05, 3.63) is 59.2 Å². The lowest BCUT2D eigenvalue weighted by Gasteiger charge is -2.33. The van der Waals surface area contributed by atoms with Gasteiger partial charge in [0.2, 0.25) is 21.8 Å². The molecule has 1 aliphatic carbocycles. The predicted molar refractivity (Wildman–Crippen MR) is 130 cm³/mol. The first kappa shape index (κ1) is 23.1. The summed E-state index contributed by atoms with van der Waals surface area (Å²) in [5.74, 6) is -0.186. The molecule has 2 aromatic carbocycles. The third-order valence-electron chi connectivity index (χ3n) is 7.35. The molecule has 1 fully saturated rings. The molecular weight excluding hydrogens is 450 g/mol. The quantitative estimate of drug-likeness (QED) is 0.698. The van der Waals surface area contributed by atoms with Crippen LogP contribution in [0.3, 0.4) is 0 Å². The Morgan fingerprint density at radius 2 is 1.71 bits per heavy atom. The van der Waals surface area contributed by atoms with Gasteiger partial charge < -0.3 is 10.6 Å². The predicted octanol–water partition coefficient (Wildman–Crippen LogP) is 3.56. The normalized spacial score (nSPS) is 21.6. The zero-order valence-corrected chi connectivity index (χ0v) is 20.1. The van der Waals surface area contributed by atoms with E-state index in [2.05, 4.69) is 22.8 Å². The zero-order chi connectivity index (χ0) is 23.7. The summed E-state index contributed by atoms with van der Waals surface area (Å²) in [5.41, 5.74) is 4.07. The Bertz CT molecular complexity index is 1200. The van der Waals surface area contributed by atoms with E-state index in [9.17, 15) is 18.0 Å². The van der Waals surface area contributed by atoms with Gasteiger partial charge in [0.05, 0.1) is 10.9 Å². The number of rotatable bonds is 4. The van der Waals surface area contributed by atoms with Crippen molar-refractivity contribution in [2.75, 3.05) is 18.4 Å². The third-order valence-corrected chi connectivity index (χ3v) is 9.24. The van der Waals surface area contributed by atoms with Crippen LogP contribution in [0.2, 0.25) is 0 Å². The highest BCUT2D eigenvalue weighted by molar-refractivity contribution is 7.89. The highest BCUT2D eigenvalue weighted by Crippen LogP contribution is 2.32. The molecule has 0 spiro atoms. The van der Waals surface area contributed by atoms with Crippen LogP contribution in [-0.4, -0.2) is 37.6 Å². The lowest BCUT2D eigenvalue weighted by Crippen LogP contribution is -2.44. The van der Waals surface area contributed by atoms with Gasteiger partial charge in [0.1, 0.15) is 0 Å². The van der Waals surface area contributed by atoms with E-state index in [-0.39, 0.29) is 28.7 Å². The standard InChI is InChI=1S/C26H31N3O4S/c30-25-10-4-7-20-17-21(11-12-23(20)27-25)34(32,33)29-15-13-19(14-16-29)26(31)28-24-9-3-6-18-5-1-2-8-22(18)24/h1-2,5,8,11-12,17,19,24H,3-4,6-7,9-10,13-16H2,(H,27,30)(H,28,31)/t24-/m0/s1. The highest BCUT2D eigenvalue weighted by atomic mass is 32.2. The van der Waals surface area contributed by atoms with E-state index in [1.807, 2.05) is 12.1 Å². The second-order valence-electron chi connectivity index (χ2n) is 9.55. The number of hydrogen-bond acceptors (Lipinski definition) is 4. The average molecular weight is 482 g/mol. The molecule has 1 saturated heterocycles. The highest BCUT2D eigenvalue weighted by Gasteiger charge is 2.33. The van der Waals surface area contributed by atoms with E-state index in [1.165, 1.54) is 15.4 Å². The lowest BCUT2D eigenvalue weighted by atomic mass is 9.87. The van der Waals surface area contributed by atoms with Gasteiger partial charge in [0.15, 0.2) is 0 Å². The Morgan fingerprint density at radius 3 is 2.53 bits per heavy atom. The van der Waals surface area contributed by atoms with Gasteiger partial charge in [0.25, 0.3) is 0 Å². The molecule has 2 amide bonds. The summed E-state index contributed by atoms with van der Waals surface area (Å²) in [6.07, 6.45) is 5.89. The number of carbonyl (C=O) groups is 2. The van der Waals surface area contributed by atoms with Crippen LogP contribution >= 0.6 is 0 Å². The summed E-state index contributed by atoms with van der Waals surface area (Å²) in [5, 5.41) is 6.08. The fourth-order valence-electron chi connectivity index (χ4n) is 5.41. The van der Waals surface area contributed by atoms with E-state index in [0.717, 1.165) is 24.8 Å². The first-order valence-electron chi connectivity index (χ1n) is 12.2. The molecule has 34 heavy (non-hydrogen) atoms. The maximum absolute atomic E-state index is 13.3. The number of benzene rings is 2. The molecule has 5 rings (SSSR count). The maximum Gasteiger partial charge on any atom is 0.243 e. The van der Waals surface area contributed by atoms with Crippen molar-refractivity contribution >= 4 is 27.5 Å². The number of hydrogen-bond donors (Lipinski definition) is 2. The summed E-state index contributed by atoms with van der Waals surface area (Å²) in [6, 6.07) is 13.3. The van der Waals surface area contributed by atoms with Gasteiger partial charge in [-0.3, -0.25) is 9.59 Å². The third kappa shape index (κ3) is 4.61. The first-order chi connectivity index (χ1) is 16.4. The SMILES string of the molecule is O=C1CCCc2cc(S(=O)(=O)N3CCC(C(=O)N[C@H]4CCCc5ccccc54)CC3)ccc2N1. The Kier molecular flexibility index (Phi) is 6.44. The van der Waals surface area contributed by atoms with E-state index >= 15 is 0 Å². The number of nitrogens with one attached hydrogen (secondary N) is 2. The van der Waals surface area contributed by atoms with Crippen molar-refractivity contribution in [1.29, 1.82) is 0 Å². The van der Waals surface area contributed by atoms with Gasteiger partial charge in [-0.2, -0.15) is 4.31 Å². The fourth-order valence-corrected chi connectivity index (χ4v) is 6.93. The van der Waals surface area contributed by atoms with E-state index in [0.29, 0.717) is 50.9 Å². The van der Waals surface area contributed by atoms with Crippen LogP contribution in [0.25, 0.3) is 0 Å². The Hall–Kier alpha value is -2.71. The molecule has 2 aromatic rings. The first-order valence-corrected chi connectivity index (χ1v) is 13.7. The van der Waals surface area contributed by atoms with E-state index in [1.54, 1.807) is 18.2 Å². The molecule has 0 saturated carbocycles. The van der Waals surface area contributed by atoms with Gasteiger partial charge in [-0.1, -0.05) is 24.3 Å². The molecule has 0 radical (unpaired) electrons. The molecule has 1 atom stereocenters. The smallest absolute Gasteiger partial charge is 0.243 e.